The Bertz CT molecular complexity index is 670. The second-order valence-corrected chi connectivity index (χ2v) is 5.61. The third-order valence-electron chi connectivity index (χ3n) is 4.20. The van der Waals surface area contributed by atoms with Gasteiger partial charge in [0.1, 0.15) is 5.69 Å². The predicted octanol–water partition coefficient (Wildman–Crippen LogP) is 2.87. The van der Waals surface area contributed by atoms with Gasteiger partial charge in [-0.1, -0.05) is 36.4 Å². The number of carbonyl (C=O) groups is 2. The van der Waals surface area contributed by atoms with Crippen LogP contribution in [0.3, 0.4) is 0 Å². The molecule has 22 heavy (non-hydrogen) atoms. The molecule has 4 nitrogen and oxygen atoms in total. The van der Waals surface area contributed by atoms with Crippen LogP contribution >= 0.6 is 0 Å². The van der Waals surface area contributed by atoms with Crippen molar-refractivity contribution in [3.05, 3.63) is 66.0 Å². The monoisotopic (exact) mass is 294 g/mol. The van der Waals surface area contributed by atoms with Gasteiger partial charge in [-0.25, -0.2) is 0 Å². The predicted molar refractivity (Wildman–Crippen MR) is 83.2 cm³/mol. The summed E-state index contributed by atoms with van der Waals surface area (Å²) < 4.78 is 0. The van der Waals surface area contributed by atoms with E-state index in [1.807, 2.05) is 37.3 Å². The van der Waals surface area contributed by atoms with Crippen molar-refractivity contribution in [2.75, 3.05) is 6.54 Å². The smallest absolute Gasteiger partial charge is 0.223 e. The highest BCUT2D eigenvalue weighted by Crippen LogP contribution is 2.29. The lowest BCUT2D eigenvalue weighted by Crippen LogP contribution is -2.29. The molecule has 0 bridgehead atoms. The van der Waals surface area contributed by atoms with Crippen molar-refractivity contribution in [1.29, 1.82) is 0 Å². The lowest BCUT2D eigenvalue weighted by Gasteiger charge is -2.25. The molecule has 3 rings (SSSR count). The number of aromatic nitrogens is 1. The van der Waals surface area contributed by atoms with Crippen molar-refractivity contribution in [1.82, 2.24) is 9.88 Å². The van der Waals surface area contributed by atoms with Crippen LogP contribution in [0, 0.1) is 5.92 Å². The molecule has 1 aliphatic rings. The minimum absolute atomic E-state index is 0.0183. The van der Waals surface area contributed by atoms with Crippen LogP contribution in [0.1, 0.15) is 35.4 Å². The average molecular weight is 294 g/mol. The number of hydrogen-bond donors (Lipinski definition) is 0. The topological polar surface area (TPSA) is 50.3 Å². The van der Waals surface area contributed by atoms with Gasteiger partial charge in [-0.05, 0) is 24.6 Å². The van der Waals surface area contributed by atoms with Gasteiger partial charge in [-0.15, -0.1) is 0 Å². The number of hydrogen-bond acceptors (Lipinski definition) is 3. The minimum atomic E-state index is -0.298. The summed E-state index contributed by atoms with van der Waals surface area (Å²) in [5.41, 5.74) is 1.52. The molecule has 112 valence electrons. The first-order chi connectivity index (χ1) is 10.7. The zero-order valence-electron chi connectivity index (χ0n) is 12.5. The molecule has 0 spiro atoms. The summed E-state index contributed by atoms with van der Waals surface area (Å²) in [6, 6.07) is 15.1. The number of ketones is 1. The molecule has 0 saturated carbocycles. The minimum Gasteiger partial charge on any atom is -0.335 e. The van der Waals surface area contributed by atoms with Gasteiger partial charge < -0.3 is 4.90 Å². The average Bonchev–Trinajstić information content (AvgIpc) is 2.97. The molecule has 2 heterocycles. The van der Waals surface area contributed by atoms with Crippen LogP contribution in [0.5, 0.6) is 0 Å². The number of likely N-dealkylation sites (tertiary alicyclic amines) is 1. The Morgan fingerprint density at radius 3 is 2.59 bits per heavy atom. The van der Waals surface area contributed by atoms with E-state index in [9.17, 15) is 9.59 Å². The Kier molecular flexibility index (Phi) is 4.00. The zero-order chi connectivity index (χ0) is 15.5. The van der Waals surface area contributed by atoms with Gasteiger partial charge in [0, 0.05) is 19.2 Å². The fourth-order valence-corrected chi connectivity index (χ4v) is 2.91. The zero-order valence-corrected chi connectivity index (χ0v) is 12.5. The second-order valence-electron chi connectivity index (χ2n) is 5.61. The van der Waals surface area contributed by atoms with Crippen LogP contribution in [0.15, 0.2) is 54.7 Å². The van der Waals surface area contributed by atoms with Crippen molar-refractivity contribution in [3.8, 4) is 0 Å². The van der Waals surface area contributed by atoms with Gasteiger partial charge in [0.15, 0.2) is 5.78 Å². The third-order valence-corrected chi connectivity index (χ3v) is 4.20. The Balaban J connectivity index is 1.75. The molecule has 1 amide bonds. The van der Waals surface area contributed by atoms with Crippen molar-refractivity contribution >= 4 is 11.7 Å². The molecule has 0 aliphatic carbocycles. The van der Waals surface area contributed by atoms with Crippen LogP contribution in [-0.4, -0.2) is 28.1 Å². The van der Waals surface area contributed by atoms with Crippen LogP contribution in [0.25, 0.3) is 0 Å². The summed E-state index contributed by atoms with van der Waals surface area (Å²) in [4.78, 5) is 30.6. The molecule has 1 unspecified atom stereocenters. The molecule has 1 fully saturated rings. The van der Waals surface area contributed by atoms with E-state index < -0.39 is 0 Å². The van der Waals surface area contributed by atoms with Crippen LogP contribution in [-0.2, 0) is 4.79 Å². The van der Waals surface area contributed by atoms with Gasteiger partial charge in [0.05, 0.1) is 12.0 Å². The first kappa shape index (κ1) is 14.4. The summed E-state index contributed by atoms with van der Waals surface area (Å²) in [5, 5.41) is 0. The van der Waals surface area contributed by atoms with E-state index in [0.29, 0.717) is 12.2 Å². The van der Waals surface area contributed by atoms with Crippen molar-refractivity contribution < 1.29 is 9.59 Å². The number of carbonyl (C=O) groups excluding carboxylic acids is 2. The van der Waals surface area contributed by atoms with E-state index in [1.165, 1.54) is 0 Å². The SMILES string of the molecule is C[C@H](c1ccccc1)N1CC(C(=O)c2ccccn2)CC1=O. The molecule has 1 aliphatic heterocycles. The Morgan fingerprint density at radius 2 is 1.91 bits per heavy atom. The number of amides is 1. The molecule has 0 radical (unpaired) electrons. The summed E-state index contributed by atoms with van der Waals surface area (Å²) in [6.07, 6.45) is 1.88. The van der Waals surface area contributed by atoms with Gasteiger partial charge in [-0.3, -0.25) is 14.6 Å². The van der Waals surface area contributed by atoms with Crippen molar-refractivity contribution in [3.63, 3.8) is 0 Å². The Hall–Kier alpha value is -2.49. The highest BCUT2D eigenvalue weighted by Gasteiger charge is 2.37. The standard InChI is InChI=1S/C18H18N2O2/c1-13(14-7-3-2-4-8-14)20-12-15(11-17(20)21)18(22)16-9-5-6-10-19-16/h2-10,13,15H,11-12H2,1H3/t13-,15?/m1/s1. The summed E-state index contributed by atoms with van der Waals surface area (Å²) >= 11 is 0. The molecule has 1 saturated heterocycles. The van der Waals surface area contributed by atoms with Gasteiger partial charge in [-0.2, -0.15) is 0 Å². The lowest BCUT2D eigenvalue weighted by atomic mass is 10.0. The number of Topliss-reactive ketones (excluding diaryl/α,β-unsaturated/α-hetero) is 1. The Labute approximate surface area is 129 Å². The first-order valence-electron chi connectivity index (χ1n) is 7.46. The molecular formula is C18H18N2O2. The number of rotatable bonds is 4. The summed E-state index contributed by atoms with van der Waals surface area (Å²) in [6.45, 7) is 2.46. The molecule has 2 atom stereocenters. The number of pyridine rings is 1. The fourth-order valence-electron chi connectivity index (χ4n) is 2.91. The van der Waals surface area contributed by atoms with Crippen LogP contribution < -0.4 is 0 Å². The molecule has 0 N–H and O–H groups in total. The van der Waals surface area contributed by atoms with Crippen LogP contribution in [0.4, 0.5) is 0 Å². The molecule has 1 aromatic heterocycles. The fraction of sp³-hybridized carbons (Fsp3) is 0.278. The molecular weight excluding hydrogens is 276 g/mol. The largest absolute Gasteiger partial charge is 0.335 e. The van der Waals surface area contributed by atoms with Crippen molar-refractivity contribution in [2.24, 2.45) is 5.92 Å². The maximum Gasteiger partial charge on any atom is 0.223 e. The highest BCUT2D eigenvalue weighted by atomic mass is 16.2. The summed E-state index contributed by atoms with van der Waals surface area (Å²) in [5.74, 6) is -0.309. The second kappa shape index (κ2) is 6.10. The molecule has 1 aromatic carbocycles. The summed E-state index contributed by atoms with van der Waals surface area (Å²) in [7, 11) is 0. The normalized spacial score (nSPS) is 19.2. The quantitative estimate of drug-likeness (QED) is 0.815. The number of nitrogens with zero attached hydrogens (tertiary/aromatic N) is 2. The van der Waals surface area contributed by atoms with Gasteiger partial charge in [0.2, 0.25) is 5.91 Å². The first-order valence-corrected chi connectivity index (χ1v) is 7.46. The van der Waals surface area contributed by atoms with Gasteiger partial charge in [0.25, 0.3) is 0 Å². The van der Waals surface area contributed by atoms with Crippen LogP contribution in [0.2, 0.25) is 0 Å². The molecule has 4 heteroatoms. The van der Waals surface area contributed by atoms with Crippen molar-refractivity contribution in [2.45, 2.75) is 19.4 Å². The van der Waals surface area contributed by atoms with E-state index in [2.05, 4.69) is 4.98 Å². The van der Waals surface area contributed by atoms with Gasteiger partial charge >= 0.3 is 0 Å². The van der Waals surface area contributed by atoms with E-state index in [4.69, 9.17) is 0 Å². The van der Waals surface area contributed by atoms with E-state index in [-0.39, 0.29) is 30.1 Å². The highest BCUT2D eigenvalue weighted by molar-refractivity contribution is 6.00. The van der Waals surface area contributed by atoms with E-state index in [0.717, 1.165) is 5.56 Å². The lowest BCUT2D eigenvalue weighted by molar-refractivity contribution is -0.129. The third kappa shape index (κ3) is 2.77. The number of benzene rings is 1. The Morgan fingerprint density at radius 1 is 1.18 bits per heavy atom. The maximum atomic E-state index is 12.5. The van der Waals surface area contributed by atoms with E-state index >= 15 is 0 Å². The molecule has 2 aromatic rings. The maximum absolute atomic E-state index is 12.5. The van der Waals surface area contributed by atoms with E-state index in [1.54, 1.807) is 29.3 Å².